The molecule has 0 unspecified atom stereocenters. The SMILES string of the molecule is CCCCOC(=O)C1(CCCCCBr)CCCC1. The summed E-state index contributed by atoms with van der Waals surface area (Å²) in [6.45, 7) is 2.73. The summed E-state index contributed by atoms with van der Waals surface area (Å²) in [6, 6.07) is 0. The highest BCUT2D eigenvalue weighted by Gasteiger charge is 2.41. The Morgan fingerprint density at radius 1 is 1.17 bits per heavy atom. The van der Waals surface area contributed by atoms with E-state index in [1.807, 2.05) is 0 Å². The Morgan fingerprint density at radius 2 is 1.89 bits per heavy atom. The molecule has 0 aliphatic heterocycles. The molecule has 0 heterocycles. The highest BCUT2D eigenvalue weighted by molar-refractivity contribution is 9.09. The molecular formula is C15H27BrO2. The van der Waals surface area contributed by atoms with Gasteiger partial charge in [-0.3, -0.25) is 4.79 Å². The van der Waals surface area contributed by atoms with Crippen molar-refractivity contribution in [3.8, 4) is 0 Å². The molecule has 0 aromatic rings. The number of alkyl halides is 1. The summed E-state index contributed by atoms with van der Waals surface area (Å²) in [4.78, 5) is 12.3. The molecule has 0 N–H and O–H groups in total. The van der Waals surface area contributed by atoms with Crippen LogP contribution in [0.15, 0.2) is 0 Å². The van der Waals surface area contributed by atoms with Gasteiger partial charge in [0.25, 0.3) is 0 Å². The van der Waals surface area contributed by atoms with Crippen molar-refractivity contribution >= 4 is 21.9 Å². The molecule has 0 radical (unpaired) electrons. The molecule has 0 aromatic carbocycles. The van der Waals surface area contributed by atoms with Gasteiger partial charge in [-0.05, 0) is 32.1 Å². The minimum Gasteiger partial charge on any atom is -0.465 e. The highest BCUT2D eigenvalue weighted by atomic mass is 79.9. The number of carbonyl (C=O) groups excluding carboxylic acids is 1. The molecule has 1 saturated carbocycles. The molecule has 0 bridgehead atoms. The van der Waals surface area contributed by atoms with Gasteiger partial charge in [-0.2, -0.15) is 0 Å². The van der Waals surface area contributed by atoms with Crippen molar-refractivity contribution in [3.63, 3.8) is 0 Å². The first-order valence-electron chi connectivity index (χ1n) is 7.48. The molecule has 0 spiro atoms. The van der Waals surface area contributed by atoms with E-state index in [-0.39, 0.29) is 11.4 Å². The Balaban J connectivity index is 2.38. The summed E-state index contributed by atoms with van der Waals surface area (Å²) in [5.41, 5.74) is -0.125. The van der Waals surface area contributed by atoms with Crippen molar-refractivity contribution in [2.45, 2.75) is 71.1 Å². The fourth-order valence-electron chi connectivity index (χ4n) is 2.80. The van der Waals surface area contributed by atoms with E-state index in [1.54, 1.807) is 0 Å². The maximum absolute atomic E-state index is 12.3. The third-order valence-corrected chi connectivity index (χ3v) is 4.57. The van der Waals surface area contributed by atoms with Gasteiger partial charge in [-0.25, -0.2) is 0 Å². The summed E-state index contributed by atoms with van der Waals surface area (Å²) in [7, 11) is 0. The fourth-order valence-corrected chi connectivity index (χ4v) is 3.20. The van der Waals surface area contributed by atoms with Crippen molar-refractivity contribution in [1.29, 1.82) is 0 Å². The van der Waals surface area contributed by atoms with E-state index in [2.05, 4.69) is 22.9 Å². The maximum atomic E-state index is 12.3. The van der Waals surface area contributed by atoms with Crippen molar-refractivity contribution in [1.82, 2.24) is 0 Å². The Hall–Kier alpha value is -0.0500. The average molecular weight is 319 g/mol. The van der Waals surface area contributed by atoms with Crippen LogP contribution in [0.1, 0.15) is 71.1 Å². The van der Waals surface area contributed by atoms with E-state index < -0.39 is 0 Å². The standard InChI is InChI=1S/C15H27BrO2/c1-2-3-13-18-14(17)15(10-6-7-11-15)9-5-4-8-12-16/h2-13H2,1H3. The van der Waals surface area contributed by atoms with Crippen LogP contribution in [0.5, 0.6) is 0 Å². The van der Waals surface area contributed by atoms with Crippen LogP contribution in [0, 0.1) is 5.41 Å². The van der Waals surface area contributed by atoms with Gasteiger partial charge in [0.05, 0.1) is 12.0 Å². The van der Waals surface area contributed by atoms with Crippen molar-refractivity contribution < 1.29 is 9.53 Å². The van der Waals surface area contributed by atoms with Crippen LogP contribution in [0.2, 0.25) is 0 Å². The van der Waals surface area contributed by atoms with Crippen LogP contribution in [0.4, 0.5) is 0 Å². The first-order valence-corrected chi connectivity index (χ1v) is 8.60. The number of rotatable bonds is 9. The van der Waals surface area contributed by atoms with Crippen LogP contribution in [0.3, 0.4) is 0 Å². The lowest BCUT2D eigenvalue weighted by molar-refractivity contribution is -0.156. The lowest BCUT2D eigenvalue weighted by Crippen LogP contribution is -2.30. The van der Waals surface area contributed by atoms with Crippen LogP contribution in [-0.4, -0.2) is 17.9 Å². The molecule has 2 nitrogen and oxygen atoms in total. The zero-order valence-corrected chi connectivity index (χ0v) is 13.3. The second-order valence-electron chi connectivity index (χ2n) is 5.48. The van der Waals surface area contributed by atoms with E-state index in [9.17, 15) is 4.79 Å². The fraction of sp³-hybridized carbons (Fsp3) is 0.933. The largest absolute Gasteiger partial charge is 0.465 e. The summed E-state index contributed by atoms with van der Waals surface area (Å²) in [5, 5.41) is 1.07. The third kappa shape index (κ3) is 4.91. The average Bonchev–Trinajstić information content (AvgIpc) is 2.85. The summed E-state index contributed by atoms with van der Waals surface area (Å²) in [5.74, 6) is 0.0901. The van der Waals surface area contributed by atoms with Crippen LogP contribution >= 0.6 is 15.9 Å². The second kappa shape index (κ2) is 8.95. The van der Waals surface area contributed by atoms with E-state index in [4.69, 9.17) is 4.74 Å². The summed E-state index contributed by atoms with van der Waals surface area (Å²) < 4.78 is 5.48. The highest BCUT2D eigenvalue weighted by Crippen LogP contribution is 2.43. The van der Waals surface area contributed by atoms with Gasteiger partial charge in [0.15, 0.2) is 0 Å². The first-order chi connectivity index (χ1) is 8.75. The van der Waals surface area contributed by atoms with Gasteiger partial charge in [-0.15, -0.1) is 0 Å². The third-order valence-electron chi connectivity index (χ3n) is 4.01. The molecule has 1 rings (SSSR count). The predicted molar refractivity (Wildman–Crippen MR) is 79.0 cm³/mol. The van der Waals surface area contributed by atoms with Crippen LogP contribution in [-0.2, 0) is 9.53 Å². The van der Waals surface area contributed by atoms with Gasteiger partial charge in [0.2, 0.25) is 0 Å². The summed E-state index contributed by atoms with van der Waals surface area (Å²) >= 11 is 3.46. The quantitative estimate of drug-likeness (QED) is 0.345. The zero-order valence-electron chi connectivity index (χ0n) is 11.7. The smallest absolute Gasteiger partial charge is 0.312 e. The molecule has 1 fully saturated rings. The Bertz CT molecular complexity index is 235. The molecule has 0 amide bonds. The Morgan fingerprint density at radius 3 is 2.50 bits per heavy atom. The minimum absolute atomic E-state index is 0.0901. The van der Waals surface area contributed by atoms with E-state index in [0.29, 0.717) is 6.61 Å². The number of halogens is 1. The zero-order chi connectivity index (χ0) is 13.3. The summed E-state index contributed by atoms with van der Waals surface area (Å²) in [6.07, 6.45) is 11.2. The minimum atomic E-state index is -0.125. The molecule has 3 heteroatoms. The molecule has 0 aromatic heterocycles. The van der Waals surface area contributed by atoms with Gasteiger partial charge in [0.1, 0.15) is 0 Å². The van der Waals surface area contributed by atoms with Crippen molar-refractivity contribution in [2.24, 2.45) is 5.41 Å². The van der Waals surface area contributed by atoms with Gasteiger partial charge >= 0.3 is 5.97 Å². The number of esters is 1. The van der Waals surface area contributed by atoms with E-state index >= 15 is 0 Å². The van der Waals surface area contributed by atoms with Gasteiger partial charge < -0.3 is 4.74 Å². The van der Waals surface area contributed by atoms with Crippen molar-refractivity contribution in [3.05, 3.63) is 0 Å². The van der Waals surface area contributed by atoms with Crippen LogP contribution in [0.25, 0.3) is 0 Å². The second-order valence-corrected chi connectivity index (χ2v) is 6.27. The van der Waals surface area contributed by atoms with Crippen molar-refractivity contribution in [2.75, 3.05) is 11.9 Å². The Labute approximate surface area is 120 Å². The molecule has 1 aliphatic carbocycles. The number of ether oxygens (including phenoxy) is 1. The molecule has 0 atom stereocenters. The number of unbranched alkanes of at least 4 members (excludes halogenated alkanes) is 3. The predicted octanol–water partition coefficient (Wildman–Crippen LogP) is 4.85. The lowest BCUT2D eigenvalue weighted by Gasteiger charge is -2.26. The van der Waals surface area contributed by atoms with Crippen LogP contribution < -0.4 is 0 Å². The lowest BCUT2D eigenvalue weighted by atomic mass is 9.81. The number of hydrogen-bond donors (Lipinski definition) is 0. The molecule has 18 heavy (non-hydrogen) atoms. The maximum Gasteiger partial charge on any atom is 0.312 e. The first kappa shape index (κ1) is 16.0. The van der Waals surface area contributed by atoms with Gasteiger partial charge in [-0.1, -0.05) is 55.0 Å². The molecule has 0 saturated heterocycles. The van der Waals surface area contributed by atoms with E-state index in [0.717, 1.165) is 43.9 Å². The normalized spacial score (nSPS) is 17.9. The molecule has 106 valence electrons. The number of hydrogen-bond acceptors (Lipinski definition) is 2. The molecule has 1 aliphatic rings. The van der Waals surface area contributed by atoms with Gasteiger partial charge in [0, 0.05) is 5.33 Å². The number of carbonyl (C=O) groups is 1. The Kier molecular flexibility index (Phi) is 7.96. The monoisotopic (exact) mass is 318 g/mol. The molecular weight excluding hydrogens is 292 g/mol. The van der Waals surface area contributed by atoms with E-state index in [1.165, 1.54) is 25.7 Å². The topological polar surface area (TPSA) is 26.3 Å².